The highest BCUT2D eigenvalue weighted by Gasteiger charge is 2.36. The second-order valence-corrected chi connectivity index (χ2v) is 7.52. The van der Waals surface area contributed by atoms with Gasteiger partial charge in [0.2, 0.25) is 0 Å². The molecule has 0 aromatic rings. The van der Waals surface area contributed by atoms with Crippen molar-refractivity contribution in [1.29, 1.82) is 0 Å². The minimum atomic E-state index is -3.16. The first-order chi connectivity index (χ1) is 9.80. The lowest BCUT2D eigenvalue weighted by Gasteiger charge is -2.32. The zero-order valence-corrected chi connectivity index (χ0v) is 13.4. The van der Waals surface area contributed by atoms with Crippen molar-refractivity contribution in [3.8, 4) is 0 Å². The summed E-state index contributed by atoms with van der Waals surface area (Å²) in [6.45, 7) is 4.42. The van der Waals surface area contributed by atoms with Gasteiger partial charge >= 0.3 is 12.0 Å². The van der Waals surface area contributed by atoms with Crippen molar-refractivity contribution in [2.45, 2.75) is 39.2 Å². The van der Waals surface area contributed by atoms with Gasteiger partial charge in [0.15, 0.2) is 9.84 Å². The van der Waals surface area contributed by atoms with Crippen LogP contribution in [0.1, 0.15) is 33.1 Å². The second-order valence-electron chi connectivity index (χ2n) is 5.29. The van der Waals surface area contributed by atoms with E-state index in [0.29, 0.717) is 19.5 Å². The molecule has 1 saturated heterocycles. The van der Waals surface area contributed by atoms with Crippen LogP contribution in [0.2, 0.25) is 0 Å². The van der Waals surface area contributed by atoms with Crippen LogP contribution in [0, 0.1) is 0 Å². The number of unbranched alkanes of at least 4 members (excludes halogenated alkanes) is 1. The average Bonchev–Trinajstić information content (AvgIpc) is 2.76. The highest BCUT2D eigenvalue weighted by atomic mass is 32.2. The topological polar surface area (TPSA) is 95.0 Å². The SMILES string of the molecule is CCCCN(CC)C(=O)N(CC(=O)O)C1CCS(=O)(=O)C1. The number of hydrogen-bond donors (Lipinski definition) is 1. The van der Waals surface area contributed by atoms with Crippen LogP contribution >= 0.6 is 0 Å². The molecule has 0 aromatic heterocycles. The molecule has 0 radical (unpaired) electrons. The summed E-state index contributed by atoms with van der Waals surface area (Å²) in [5, 5.41) is 8.99. The largest absolute Gasteiger partial charge is 0.480 e. The number of carboxylic acids is 1. The molecule has 1 N–H and O–H groups in total. The minimum Gasteiger partial charge on any atom is -0.480 e. The van der Waals surface area contributed by atoms with Gasteiger partial charge in [0.25, 0.3) is 0 Å². The van der Waals surface area contributed by atoms with E-state index in [0.717, 1.165) is 12.8 Å². The van der Waals surface area contributed by atoms with E-state index in [-0.39, 0.29) is 17.5 Å². The fourth-order valence-corrected chi connectivity index (χ4v) is 4.17. The maximum Gasteiger partial charge on any atom is 0.323 e. The Bertz CT molecular complexity index is 477. The molecular formula is C13H24N2O5S. The summed E-state index contributed by atoms with van der Waals surface area (Å²) in [4.78, 5) is 26.3. The van der Waals surface area contributed by atoms with Gasteiger partial charge in [-0.1, -0.05) is 13.3 Å². The van der Waals surface area contributed by atoms with Crippen molar-refractivity contribution in [1.82, 2.24) is 9.80 Å². The van der Waals surface area contributed by atoms with Gasteiger partial charge in [-0.25, -0.2) is 13.2 Å². The quantitative estimate of drug-likeness (QED) is 0.749. The van der Waals surface area contributed by atoms with E-state index in [2.05, 4.69) is 0 Å². The summed E-state index contributed by atoms with van der Waals surface area (Å²) in [5.41, 5.74) is 0. The number of amides is 2. The number of nitrogens with zero attached hydrogens (tertiary/aromatic N) is 2. The van der Waals surface area contributed by atoms with Gasteiger partial charge in [-0.2, -0.15) is 0 Å². The van der Waals surface area contributed by atoms with Crippen LogP contribution in [-0.2, 0) is 14.6 Å². The molecule has 8 heteroatoms. The van der Waals surface area contributed by atoms with Crippen LogP contribution in [0.5, 0.6) is 0 Å². The standard InChI is InChI=1S/C13H24N2O5S/c1-3-5-7-14(4-2)13(18)15(9-12(16)17)11-6-8-21(19,20)10-11/h11H,3-10H2,1-2H3,(H,16,17). The number of carbonyl (C=O) groups excluding carboxylic acids is 1. The van der Waals surface area contributed by atoms with Crippen molar-refractivity contribution in [3.63, 3.8) is 0 Å². The van der Waals surface area contributed by atoms with E-state index < -0.39 is 28.4 Å². The normalized spacial score (nSPS) is 20.2. The molecule has 0 spiro atoms. The Kier molecular flexibility index (Phi) is 6.44. The van der Waals surface area contributed by atoms with Crippen LogP contribution in [0.25, 0.3) is 0 Å². The van der Waals surface area contributed by atoms with E-state index in [1.54, 1.807) is 4.90 Å². The molecule has 0 aromatic carbocycles. The minimum absolute atomic E-state index is 0.0160. The van der Waals surface area contributed by atoms with Gasteiger partial charge in [-0.15, -0.1) is 0 Å². The molecule has 0 bridgehead atoms. The van der Waals surface area contributed by atoms with E-state index in [1.807, 2.05) is 13.8 Å². The molecule has 7 nitrogen and oxygen atoms in total. The molecule has 1 rings (SSSR count). The Morgan fingerprint density at radius 1 is 1.29 bits per heavy atom. The van der Waals surface area contributed by atoms with Crippen molar-refractivity contribution in [3.05, 3.63) is 0 Å². The molecule has 0 aliphatic carbocycles. The molecule has 1 atom stereocenters. The molecular weight excluding hydrogens is 296 g/mol. The van der Waals surface area contributed by atoms with E-state index >= 15 is 0 Å². The molecule has 1 aliphatic rings. The monoisotopic (exact) mass is 320 g/mol. The molecule has 21 heavy (non-hydrogen) atoms. The number of aliphatic carboxylic acids is 1. The number of rotatable bonds is 7. The Morgan fingerprint density at radius 2 is 1.95 bits per heavy atom. The van der Waals surface area contributed by atoms with Crippen molar-refractivity contribution < 1.29 is 23.1 Å². The maximum atomic E-state index is 12.5. The summed E-state index contributed by atoms with van der Waals surface area (Å²) in [7, 11) is -3.16. The predicted molar refractivity (Wildman–Crippen MR) is 79.0 cm³/mol. The van der Waals surface area contributed by atoms with Gasteiger partial charge in [-0.3, -0.25) is 4.79 Å². The first-order valence-corrected chi connectivity index (χ1v) is 9.10. The van der Waals surface area contributed by atoms with Crippen molar-refractivity contribution in [2.24, 2.45) is 0 Å². The number of urea groups is 1. The lowest BCUT2D eigenvalue weighted by molar-refractivity contribution is -0.138. The average molecular weight is 320 g/mol. The van der Waals surface area contributed by atoms with Crippen molar-refractivity contribution in [2.75, 3.05) is 31.1 Å². The lowest BCUT2D eigenvalue weighted by atomic mass is 10.2. The Balaban J connectivity index is 2.85. The summed E-state index contributed by atoms with van der Waals surface area (Å²) in [6, 6.07) is -0.912. The molecule has 0 saturated carbocycles. The van der Waals surface area contributed by atoms with E-state index in [1.165, 1.54) is 4.90 Å². The van der Waals surface area contributed by atoms with Gasteiger partial charge < -0.3 is 14.9 Å². The fraction of sp³-hybridized carbons (Fsp3) is 0.846. The lowest BCUT2D eigenvalue weighted by Crippen LogP contribution is -2.50. The smallest absolute Gasteiger partial charge is 0.323 e. The summed E-state index contributed by atoms with van der Waals surface area (Å²) in [5.74, 6) is -1.25. The molecule has 2 amide bonds. The predicted octanol–water partition coefficient (Wildman–Crippen LogP) is 0.802. The number of sulfone groups is 1. The fourth-order valence-electron chi connectivity index (χ4n) is 2.44. The highest BCUT2D eigenvalue weighted by Crippen LogP contribution is 2.19. The van der Waals surface area contributed by atoms with E-state index in [9.17, 15) is 18.0 Å². The third kappa shape index (κ3) is 5.18. The second kappa shape index (κ2) is 7.63. The highest BCUT2D eigenvalue weighted by molar-refractivity contribution is 7.91. The third-order valence-corrected chi connectivity index (χ3v) is 5.38. The number of carboxylic acid groups (broad SMARTS) is 1. The maximum absolute atomic E-state index is 12.5. The van der Waals surface area contributed by atoms with Crippen LogP contribution in [0.3, 0.4) is 0 Å². The summed E-state index contributed by atoms with van der Waals surface area (Å²) in [6.07, 6.45) is 2.08. The van der Waals surface area contributed by atoms with Crippen LogP contribution in [0.15, 0.2) is 0 Å². The van der Waals surface area contributed by atoms with Gasteiger partial charge in [0.1, 0.15) is 6.54 Å². The van der Waals surface area contributed by atoms with Crippen LogP contribution in [-0.4, -0.2) is 72.5 Å². The molecule has 1 fully saturated rings. The molecule has 1 heterocycles. The van der Waals surface area contributed by atoms with E-state index in [4.69, 9.17) is 5.11 Å². The zero-order chi connectivity index (χ0) is 16.0. The Labute approximate surface area is 125 Å². The van der Waals surface area contributed by atoms with Gasteiger partial charge in [-0.05, 0) is 19.8 Å². The Hall–Kier alpha value is -1.31. The summed E-state index contributed by atoms with van der Waals surface area (Å²) >= 11 is 0. The summed E-state index contributed by atoms with van der Waals surface area (Å²) < 4.78 is 23.1. The molecule has 1 unspecified atom stereocenters. The van der Waals surface area contributed by atoms with Gasteiger partial charge in [0, 0.05) is 19.1 Å². The number of hydrogen-bond acceptors (Lipinski definition) is 4. The van der Waals surface area contributed by atoms with Gasteiger partial charge in [0.05, 0.1) is 11.5 Å². The first kappa shape index (κ1) is 17.7. The molecule has 1 aliphatic heterocycles. The van der Waals surface area contributed by atoms with Crippen molar-refractivity contribution >= 4 is 21.8 Å². The van der Waals surface area contributed by atoms with Crippen LogP contribution < -0.4 is 0 Å². The first-order valence-electron chi connectivity index (χ1n) is 7.28. The zero-order valence-electron chi connectivity index (χ0n) is 12.6. The Morgan fingerprint density at radius 3 is 2.38 bits per heavy atom. The van der Waals surface area contributed by atoms with Crippen LogP contribution in [0.4, 0.5) is 4.79 Å². The number of carbonyl (C=O) groups is 2. The molecule has 122 valence electrons. The third-order valence-electron chi connectivity index (χ3n) is 3.63.